The summed E-state index contributed by atoms with van der Waals surface area (Å²) < 4.78 is 35.8. The van der Waals surface area contributed by atoms with Crippen LogP contribution in [0.5, 0.6) is 5.75 Å². The quantitative estimate of drug-likeness (QED) is 0.659. The van der Waals surface area contributed by atoms with Crippen LogP contribution in [0.25, 0.3) is 0 Å². The van der Waals surface area contributed by atoms with E-state index in [2.05, 4.69) is 5.32 Å². The molecule has 2 aromatic rings. The van der Waals surface area contributed by atoms with E-state index in [0.29, 0.717) is 22.7 Å². The molecule has 0 saturated heterocycles. The Morgan fingerprint density at radius 3 is 2.34 bits per heavy atom. The Morgan fingerprint density at radius 1 is 1.14 bits per heavy atom. The van der Waals surface area contributed by atoms with Crippen molar-refractivity contribution in [3.8, 4) is 5.75 Å². The van der Waals surface area contributed by atoms with Crippen molar-refractivity contribution < 1.29 is 27.5 Å². The predicted octanol–water partition coefficient (Wildman–Crippen LogP) is 2.67. The number of methoxy groups -OCH3 is 1. The van der Waals surface area contributed by atoms with Crippen LogP contribution in [0, 0.1) is 0 Å². The summed E-state index contributed by atoms with van der Waals surface area (Å²) in [5.41, 5.74) is 1.09. The van der Waals surface area contributed by atoms with Gasteiger partial charge in [-0.1, -0.05) is 6.07 Å². The molecule has 0 aliphatic rings. The molecule has 0 aliphatic carbocycles. The Morgan fingerprint density at radius 2 is 1.79 bits per heavy atom. The number of nitrogens with one attached hydrogen (secondary N) is 1. The first-order chi connectivity index (χ1) is 13.7. The average molecular weight is 420 g/mol. The Labute approximate surface area is 170 Å². The standard InChI is InChI=1S/C20H24N2O6S/c1-5-28-20(24)15-9-11-16(12-10-15)21-19(23)14(2)22(29(4,25)26)17-7-6-8-18(13-17)27-3/h6-14H,5H2,1-4H3,(H,21,23)/t14-/m1/s1. The van der Waals surface area contributed by atoms with Crippen molar-refractivity contribution in [1.29, 1.82) is 0 Å². The van der Waals surface area contributed by atoms with Gasteiger partial charge in [0.25, 0.3) is 0 Å². The fourth-order valence-electron chi connectivity index (χ4n) is 2.71. The van der Waals surface area contributed by atoms with Crippen LogP contribution in [0.1, 0.15) is 24.2 Å². The van der Waals surface area contributed by atoms with Gasteiger partial charge in [-0.25, -0.2) is 13.2 Å². The van der Waals surface area contributed by atoms with Crippen LogP contribution >= 0.6 is 0 Å². The summed E-state index contributed by atoms with van der Waals surface area (Å²) in [6.45, 7) is 3.47. The maximum Gasteiger partial charge on any atom is 0.338 e. The molecular weight excluding hydrogens is 396 g/mol. The molecule has 156 valence electrons. The molecule has 2 aromatic carbocycles. The predicted molar refractivity (Wildman–Crippen MR) is 111 cm³/mol. The minimum Gasteiger partial charge on any atom is -0.497 e. The molecular formula is C20H24N2O6S. The number of esters is 1. The minimum atomic E-state index is -3.75. The molecule has 0 fully saturated rings. The number of rotatable bonds is 8. The number of carbonyl (C=O) groups excluding carboxylic acids is 2. The lowest BCUT2D eigenvalue weighted by molar-refractivity contribution is -0.116. The third kappa shape index (κ3) is 5.71. The van der Waals surface area contributed by atoms with Crippen LogP contribution in [0.2, 0.25) is 0 Å². The monoisotopic (exact) mass is 420 g/mol. The van der Waals surface area contributed by atoms with E-state index in [0.717, 1.165) is 10.6 Å². The van der Waals surface area contributed by atoms with Gasteiger partial charge in [-0.15, -0.1) is 0 Å². The van der Waals surface area contributed by atoms with Gasteiger partial charge < -0.3 is 14.8 Å². The molecule has 8 nitrogen and oxygen atoms in total. The topological polar surface area (TPSA) is 102 Å². The lowest BCUT2D eigenvalue weighted by atomic mass is 10.2. The highest BCUT2D eigenvalue weighted by Crippen LogP contribution is 2.25. The molecule has 1 amide bonds. The zero-order valence-corrected chi connectivity index (χ0v) is 17.5. The van der Waals surface area contributed by atoms with Crippen molar-refractivity contribution in [2.24, 2.45) is 0 Å². The smallest absolute Gasteiger partial charge is 0.338 e. The third-order valence-corrected chi connectivity index (χ3v) is 5.30. The number of ether oxygens (including phenoxy) is 2. The Bertz CT molecular complexity index is 973. The number of benzene rings is 2. The SMILES string of the molecule is CCOC(=O)c1ccc(NC(=O)[C@@H](C)N(c2cccc(OC)c2)S(C)(=O)=O)cc1. The highest BCUT2D eigenvalue weighted by atomic mass is 32.2. The van der Waals surface area contributed by atoms with Crippen molar-refractivity contribution in [2.75, 3.05) is 29.6 Å². The number of amides is 1. The summed E-state index contributed by atoms with van der Waals surface area (Å²) in [5.74, 6) is -0.513. The second-order valence-electron chi connectivity index (χ2n) is 6.22. The molecule has 0 heterocycles. The largest absolute Gasteiger partial charge is 0.497 e. The average Bonchev–Trinajstić information content (AvgIpc) is 2.67. The number of hydrogen-bond donors (Lipinski definition) is 1. The Kier molecular flexibility index (Phi) is 7.22. The van der Waals surface area contributed by atoms with Gasteiger partial charge in [0.15, 0.2) is 0 Å². The van der Waals surface area contributed by atoms with Crippen LogP contribution in [0.3, 0.4) is 0 Å². The van der Waals surface area contributed by atoms with Crippen molar-refractivity contribution in [3.63, 3.8) is 0 Å². The van der Waals surface area contributed by atoms with Gasteiger partial charge in [0.2, 0.25) is 15.9 Å². The number of nitrogens with zero attached hydrogens (tertiary/aromatic N) is 1. The summed E-state index contributed by atoms with van der Waals surface area (Å²) in [6.07, 6.45) is 1.03. The fraction of sp³-hybridized carbons (Fsp3) is 0.300. The summed E-state index contributed by atoms with van der Waals surface area (Å²) in [4.78, 5) is 24.4. The van der Waals surface area contributed by atoms with Crippen LogP contribution in [0.4, 0.5) is 11.4 Å². The molecule has 0 radical (unpaired) electrons. The molecule has 0 aliphatic heterocycles. The highest BCUT2D eigenvalue weighted by molar-refractivity contribution is 7.92. The minimum absolute atomic E-state index is 0.264. The molecule has 0 spiro atoms. The van der Waals surface area contributed by atoms with Crippen LogP contribution in [0.15, 0.2) is 48.5 Å². The van der Waals surface area contributed by atoms with Gasteiger partial charge in [-0.05, 0) is 50.2 Å². The van der Waals surface area contributed by atoms with E-state index in [1.807, 2.05) is 0 Å². The second-order valence-corrected chi connectivity index (χ2v) is 8.08. The van der Waals surface area contributed by atoms with Crippen LogP contribution in [-0.4, -0.2) is 46.3 Å². The van der Waals surface area contributed by atoms with Crippen molar-refractivity contribution in [1.82, 2.24) is 0 Å². The Hall–Kier alpha value is -3.07. The maximum absolute atomic E-state index is 12.7. The van der Waals surface area contributed by atoms with E-state index in [1.165, 1.54) is 26.2 Å². The first-order valence-corrected chi connectivity index (χ1v) is 10.7. The third-order valence-electron chi connectivity index (χ3n) is 4.06. The summed E-state index contributed by atoms with van der Waals surface area (Å²) >= 11 is 0. The van der Waals surface area contributed by atoms with Gasteiger partial charge >= 0.3 is 5.97 Å². The van der Waals surface area contributed by atoms with Crippen molar-refractivity contribution >= 4 is 33.3 Å². The van der Waals surface area contributed by atoms with Gasteiger partial charge in [0, 0.05) is 11.8 Å². The number of hydrogen-bond acceptors (Lipinski definition) is 6. The van der Waals surface area contributed by atoms with Crippen LogP contribution in [-0.2, 0) is 19.6 Å². The summed E-state index contributed by atoms with van der Waals surface area (Å²) in [5, 5.41) is 2.66. The summed E-state index contributed by atoms with van der Waals surface area (Å²) in [6, 6.07) is 11.6. The van der Waals surface area contributed by atoms with E-state index in [-0.39, 0.29) is 6.61 Å². The van der Waals surface area contributed by atoms with E-state index < -0.39 is 27.9 Å². The molecule has 29 heavy (non-hydrogen) atoms. The number of sulfonamides is 1. The van der Waals surface area contributed by atoms with E-state index in [9.17, 15) is 18.0 Å². The van der Waals surface area contributed by atoms with Gasteiger partial charge in [-0.2, -0.15) is 0 Å². The molecule has 0 unspecified atom stereocenters. The molecule has 1 N–H and O–H groups in total. The molecule has 0 aromatic heterocycles. The van der Waals surface area contributed by atoms with Crippen LogP contribution < -0.4 is 14.4 Å². The molecule has 1 atom stereocenters. The molecule has 9 heteroatoms. The van der Waals surface area contributed by atoms with Gasteiger partial charge in [0.1, 0.15) is 11.8 Å². The lowest BCUT2D eigenvalue weighted by Gasteiger charge is -2.28. The van der Waals surface area contributed by atoms with E-state index in [4.69, 9.17) is 9.47 Å². The van der Waals surface area contributed by atoms with Crippen molar-refractivity contribution in [2.45, 2.75) is 19.9 Å². The zero-order valence-electron chi connectivity index (χ0n) is 16.7. The Balaban J connectivity index is 2.22. The molecule has 2 rings (SSSR count). The molecule has 0 saturated carbocycles. The van der Waals surface area contributed by atoms with Gasteiger partial charge in [0.05, 0.1) is 31.2 Å². The second kappa shape index (κ2) is 9.42. The highest BCUT2D eigenvalue weighted by Gasteiger charge is 2.29. The number of carbonyl (C=O) groups is 2. The molecule has 0 bridgehead atoms. The van der Waals surface area contributed by atoms with E-state index in [1.54, 1.807) is 43.3 Å². The van der Waals surface area contributed by atoms with E-state index >= 15 is 0 Å². The number of anilines is 2. The normalized spacial score (nSPS) is 12.0. The first kappa shape index (κ1) is 22.2. The lowest BCUT2D eigenvalue weighted by Crippen LogP contribution is -2.45. The zero-order chi connectivity index (χ0) is 21.6. The first-order valence-electron chi connectivity index (χ1n) is 8.89. The van der Waals surface area contributed by atoms with Gasteiger partial charge in [-0.3, -0.25) is 9.10 Å². The van der Waals surface area contributed by atoms with Crippen molar-refractivity contribution in [3.05, 3.63) is 54.1 Å². The fourth-order valence-corrected chi connectivity index (χ4v) is 3.87. The maximum atomic E-state index is 12.7. The summed E-state index contributed by atoms with van der Waals surface area (Å²) in [7, 11) is -2.28.